The summed E-state index contributed by atoms with van der Waals surface area (Å²) < 4.78 is 5.19. The minimum absolute atomic E-state index is 0.00154. The highest BCUT2D eigenvalue weighted by atomic mass is 16.5. The van der Waals surface area contributed by atoms with Gasteiger partial charge in [0.15, 0.2) is 5.78 Å². The summed E-state index contributed by atoms with van der Waals surface area (Å²) in [5.41, 5.74) is 2.75. The van der Waals surface area contributed by atoms with Crippen molar-refractivity contribution in [3.05, 3.63) is 70.9 Å². The van der Waals surface area contributed by atoms with Crippen molar-refractivity contribution in [2.24, 2.45) is 23.7 Å². The molecule has 5 rings (SSSR count). The van der Waals surface area contributed by atoms with Gasteiger partial charge in [0.1, 0.15) is 23.5 Å². The minimum Gasteiger partial charge on any atom is -0.497 e. The Morgan fingerprint density at radius 1 is 1.07 bits per heavy atom. The maximum atomic E-state index is 12.8. The summed E-state index contributed by atoms with van der Waals surface area (Å²) >= 11 is 0. The predicted molar refractivity (Wildman–Crippen MR) is 106 cm³/mol. The van der Waals surface area contributed by atoms with E-state index in [0.717, 1.165) is 22.5 Å². The zero-order chi connectivity index (χ0) is 19.7. The van der Waals surface area contributed by atoms with Gasteiger partial charge < -0.3 is 4.74 Å². The average molecular weight is 368 g/mol. The van der Waals surface area contributed by atoms with Crippen LogP contribution in [-0.2, 0) is 4.79 Å². The monoisotopic (exact) mass is 368 g/mol. The van der Waals surface area contributed by atoms with Crippen LogP contribution >= 0.6 is 0 Å². The second kappa shape index (κ2) is 7.33. The average Bonchev–Trinajstić information content (AvgIpc) is 3.01. The van der Waals surface area contributed by atoms with Gasteiger partial charge in [-0.05, 0) is 59.1 Å². The highest BCUT2D eigenvalue weighted by Gasteiger charge is 2.44. The first kappa shape index (κ1) is 18.0. The van der Waals surface area contributed by atoms with Crippen LogP contribution in [0.25, 0.3) is 6.08 Å². The Kier molecular flexibility index (Phi) is 4.72. The van der Waals surface area contributed by atoms with Crippen molar-refractivity contribution >= 4 is 11.9 Å². The summed E-state index contributed by atoms with van der Waals surface area (Å²) in [6, 6.07) is 11.7. The number of methoxy groups -OCH3 is 1. The summed E-state index contributed by atoms with van der Waals surface area (Å²) in [6.07, 6.45) is 11.4. The smallest absolute Gasteiger partial charge is 0.159 e. The third kappa shape index (κ3) is 3.08. The molecule has 2 bridgehead atoms. The van der Waals surface area contributed by atoms with Gasteiger partial charge in [-0.15, -0.1) is 0 Å². The maximum absolute atomic E-state index is 12.8. The van der Waals surface area contributed by atoms with E-state index in [1.165, 1.54) is 0 Å². The SMILES string of the molecule is COc1ccc(/C=C2\C[C@@H]3[C@H](CC2=O)[C@H]2C=CC(=C(C#N)C#N)[C@@H]3C=C2)cc1. The lowest BCUT2D eigenvalue weighted by molar-refractivity contribution is -0.118. The summed E-state index contributed by atoms with van der Waals surface area (Å²) in [4.78, 5) is 12.8. The van der Waals surface area contributed by atoms with E-state index in [1.54, 1.807) is 7.11 Å². The fourth-order valence-electron chi connectivity index (χ4n) is 4.68. The maximum Gasteiger partial charge on any atom is 0.159 e. The number of benzene rings is 1. The number of fused-ring (bicyclic) bond motifs is 1. The summed E-state index contributed by atoms with van der Waals surface area (Å²) in [5, 5.41) is 18.7. The molecular weight excluding hydrogens is 348 g/mol. The second-order valence-electron chi connectivity index (χ2n) is 7.50. The molecule has 0 aromatic heterocycles. The first-order valence-corrected chi connectivity index (χ1v) is 9.43. The molecule has 0 unspecified atom stereocenters. The number of allylic oxidation sites excluding steroid dienone is 7. The first-order chi connectivity index (χ1) is 13.6. The molecule has 0 radical (unpaired) electrons. The lowest BCUT2D eigenvalue weighted by Crippen LogP contribution is -2.36. The number of carbonyl (C=O) groups is 1. The molecule has 4 nitrogen and oxygen atoms in total. The van der Waals surface area contributed by atoms with Crippen LogP contribution in [0.5, 0.6) is 5.75 Å². The van der Waals surface area contributed by atoms with Gasteiger partial charge in [0.2, 0.25) is 0 Å². The van der Waals surface area contributed by atoms with Gasteiger partial charge in [-0.3, -0.25) is 4.79 Å². The van der Waals surface area contributed by atoms with Crippen LogP contribution in [0.4, 0.5) is 0 Å². The van der Waals surface area contributed by atoms with Crippen molar-refractivity contribution in [3.63, 3.8) is 0 Å². The van der Waals surface area contributed by atoms with Crippen LogP contribution in [0.1, 0.15) is 18.4 Å². The fourth-order valence-corrected chi connectivity index (χ4v) is 4.68. The molecule has 0 spiro atoms. The Labute approximate surface area is 164 Å². The quantitative estimate of drug-likeness (QED) is 0.441. The molecule has 1 aromatic carbocycles. The first-order valence-electron chi connectivity index (χ1n) is 9.43. The molecular formula is C24H20N2O2. The molecule has 0 saturated heterocycles. The molecule has 0 N–H and O–H groups in total. The van der Waals surface area contributed by atoms with Crippen LogP contribution in [0.3, 0.4) is 0 Å². The van der Waals surface area contributed by atoms with Crippen LogP contribution < -0.4 is 4.74 Å². The lowest BCUT2D eigenvalue weighted by Gasteiger charge is -2.41. The molecule has 4 atom stereocenters. The van der Waals surface area contributed by atoms with Crippen molar-refractivity contribution in [2.75, 3.05) is 7.11 Å². The number of carbonyl (C=O) groups excluding carboxylic acids is 1. The Morgan fingerprint density at radius 3 is 2.50 bits per heavy atom. The van der Waals surface area contributed by atoms with Crippen LogP contribution in [0.15, 0.2) is 65.3 Å². The number of Topliss-reactive ketones (excluding diaryl/α,β-unsaturated/α-hetero) is 1. The van der Waals surface area contributed by atoms with E-state index in [9.17, 15) is 15.3 Å². The van der Waals surface area contributed by atoms with Crippen LogP contribution in [0.2, 0.25) is 0 Å². The number of ketones is 1. The number of rotatable bonds is 2. The Balaban J connectivity index is 1.69. The second-order valence-corrected chi connectivity index (χ2v) is 7.50. The molecule has 1 fully saturated rings. The summed E-state index contributed by atoms with van der Waals surface area (Å²) in [7, 11) is 1.63. The van der Waals surface area contributed by atoms with E-state index in [4.69, 9.17) is 4.74 Å². The van der Waals surface area contributed by atoms with Crippen molar-refractivity contribution in [2.45, 2.75) is 12.8 Å². The van der Waals surface area contributed by atoms with E-state index in [0.29, 0.717) is 12.8 Å². The number of hydrogen-bond acceptors (Lipinski definition) is 4. The zero-order valence-corrected chi connectivity index (χ0v) is 15.6. The summed E-state index contributed by atoms with van der Waals surface area (Å²) in [5.74, 6) is 1.61. The van der Waals surface area contributed by atoms with E-state index < -0.39 is 0 Å². The highest BCUT2D eigenvalue weighted by Crippen LogP contribution is 2.50. The number of ether oxygens (including phenoxy) is 1. The Morgan fingerprint density at radius 2 is 1.82 bits per heavy atom. The Hall–Kier alpha value is -3.37. The van der Waals surface area contributed by atoms with Gasteiger partial charge in [-0.25, -0.2) is 0 Å². The summed E-state index contributed by atoms with van der Waals surface area (Å²) in [6.45, 7) is 0. The highest BCUT2D eigenvalue weighted by molar-refractivity contribution is 6.00. The normalized spacial score (nSPS) is 29.0. The van der Waals surface area contributed by atoms with E-state index >= 15 is 0 Å². The largest absolute Gasteiger partial charge is 0.497 e. The van der Waals surface area contributed by atoms with E-state index in [1.807, 2.05) is 48.6 Å². The molecule has 0 amide bonds. The third-order valence-electron chi connectivity index (χ3n) is 6.11. The van der Waals surface area contributed by atoms with Crippen LogP contribution in [0, 0.1) is 46.3 Å². The van der Waals surface area contributed by atoms with Crippen molar-refractivity contribution in [1.82, 2.24) is 0 Å². The van der Waals surface area contributed by atoms with Crippen molar-refractivity contribution in [1.29, 1.82) is 10.5 Å². The van der Waals surface area contributed by atoms with Gasteiger partial charge in [0.05, 0.1) is 7.11 Å². The molecule has 4 aliphatic rings. The predicted octanol–water partition coefficient (Wildman–Crippen LogP) is 4.39. The number of hydrogen-bond donors (Lipinski definition) is 0. The standard InChI is InChI=1S/C24H20N2O2/c1-28-19-6-2-15(3-7-19)10-17-11-23-21-9-5-16(22(23)12-24(17)27)4-8-20(21)18(13-25)14-26/h2-10,16,21-23H,11-12H2,1H3/b17-10+/t16-,21-,22+,23-/m0/s1. The van der Waals surface area contributed by atoms with E-state index in [2.05, 4.69) is 18.2 Å². The van der Waals surface area contributed by atoms with Crippen molar-refractivity contribution < 1.29 is 9.53 Å². The van der Waals surface area contributed by atoms with Crippen LogP contribution in [-0.4, -0.2) is 12.9 Å². The molecule has 4 aliphatic carbocycles. The van der Waals surface area contributed by atoms with Crippen molar-refractivity contribution in [3.8, 4) is 17.9 Å². The molecule has 1 saturated carbocycles. The third-order valence-corrected chi connectivity index (χ3v) is 6.11. The molecule has 0 heterocycles. The van der Waals surface area contributed by atoms with Gasteiger partial charge >= 0.3 is 0 Å². The molecule has 4 heteroatoms. The molecule has 0 aliphatic heterocycles. The topological polar surface area (TPSA) is 73.9 Å². The molecule has 138 valence electrons. The van der Waals surface area contributed by atoms with Gasteiger partial charge in [0, 0.05) is 12.3 Å². The molecule has 28 heavy (non-hydrogen) atoms. The van der Waals surface area contributed by atoms with Gasteiger partial charge in [-0.2, -0.15) is 10.5 Å². The van der Waals surface area contributed by atoms with Gasteiger partial charge in [0.25, 0.3) is 0 Å². The lowest BCUT2D eigenvalue weighted by atomic mass is 9.62. The zero-order valence-electron chi connectivity index (χ0n) is 15.6. The van der Waals surface area contributed by atoms with Gasteiger partial charge in [-0.1, -0.05) is 36.4 Å². The number of nitriles is 2. The molecule has 1 aromatic rings. The number of nitrogens with zero attached hydrogens (tertiary/aromatic N) is 2. The Bertz CT molecular complexity index is 996. The fraction of sp³-hybridized carbons (Fsp3) is 0.292. The minimum atomic E-state index is 0.00154. The van der Waals surface area contributed by atoms with E-state index in [-0.39, 0.29) is 35.0 Å².